The summed E-state index contributed by atoms with van der Waals surface area (Å²) in [7, 11) is 0. The van der Waals surface area contributed by atoms with Crippen molar-refractivity contribution >= 4 is 0 Å². The van der Waals surface area contributed by atoms with E-state index in [4.69, 9.17) is 9.47 Å². The molecule has 17 heavy (non-hydrogen) atoms. The maximum atomic E-state index is 5.67. The highest BCUT2D eigenvalue weighted by Gasteiger charge is 2.31. The van der Waals surface area contributed by atoms with Gasteiger partial charge in [-0.15, -0.1) is 0 Å². The third-order valence-corrected chi connectivity index (χ3v) is 3.13. The van der Waals surface area contributed by atoms with Gasteiger partial charge in [0, 0.05) is 11.1 Å². The van der Waals surface area contributed by atoms with Gasteiger partial charge in [0.1, 0.15) is 0 Å². The van der Waals surface area contributed by atoms with Crippen LogP contribution in [0, 0.1) is 0 Å². The Labute approximate surface area is 104 Å². The summed E-state index contributed by atoms with van der Waals surface area (Å²) in [5.74, 6) is 1.87. The van der Waals surface area contributed by atoms with E-state index in [1.54, 1.807) is 0 Å². The van der Waals surface area contributed by atoms with Gasteiger partial charge in [-0.1, -0.05) is 53.7 Å². The van der Waals surface area contributed by atoms with E-state index in [0.717, 1.165) is 11.5 Å². The predicted octanol–water partition coefficient (Wildman–Crippen LogP) is 4.01. The van der Waals surface area contributed by atoms with Crippen LogP contribution in [0.1, 0.15) is 52.7 Å². The highest BCUT2D eigenvalue weighted by molar-refractivity contribution is 5.57. The van der Waals surface area contributed by atoms with E-state index in [-0.39, 0.29) is 10.8 Å². The molecule has 1 aromatic rings. The minimum Gasteiger partial charge on any atom is -0.453 e. The van der Waals surface area contributed by atoms with Gasteiger partial charge >= 0.3 is 0 Å². The van der Waals surface area contributed by atoms with E-state index in [9.17, 15) is 0 Å². The van der Waals surface area contributed by atoms with Crippen LogP contribution in [0.4, 0.5) is 0 Å². The Bertz CT molecular complexity index is 392. The van der Waals surface area contributed by atoms with Crippen molar-refractivity contribution in [2.24, 2.45) is 0 Å². The molecule has 0 radical (unpaired) electrons. The molecule has 1 aromatic carbocycles. The molecule has 0 saturated heterocycles. The summed E-state index contributed by atoms with van der Waals surface area (Å²) in [5.41, 5.74) is 2.60. The molecule has 0 spiro atoms. The summed E-state index contributed by atoms with van der Waals surface area (Å²) < 4.78 is 11.3. The fourth-order valence-corrected chi connectivity index (χ4v) is 2.18. The SMILES string of the molecule is CC(C)(C)c1ccc(C(C)(C)C)c2c1OCO2. The first-order valence-corrected chi connectivity index (χ1v) is 6.15. The van der Waals surface area contributed by atoms with Crippen molar-refractivity contribution < 1.29 is 9.47 Å². The van der Waals surface area contributed by atoms with Crippen LogP contribution in [0.3, 0.4) is 0 Å². The zero-order valence-electron chi connectivity index (χ0n) is 11.7. The number of rotatable bonds is 0. The highest BCUT2D eigenvalue weighted by Crippen LogP contribution is 2.46. The van der Waals surface area contributed by atoms with E-state index in [1.807, 2.05) is 0 Å². The van der Waals surface area contributed by atoms with E-state index < -0.39 is 0 Å². The van der Waals surface area contributed by atoms with E-state index in [1.165, 1.54) is 11.1 Å². The first kappa shape index (κ1) is 12.3. The second kappa shape index (κ2) is 3.66. The summed E-state index contributed by atoms with van der Waals surface area (Å²) >= 11 is 0. The Kier molecular flexibility index (Phi) is 2.64. The Balaban J connectivity index is 2.62. The predicted molar refractivity (Wildman–Crippen MR) is 70.0 cm³/mol. The van der Waals surface area contributed by atoms with Crippen molar-refractivity contribution in [2.75, 3.05) is 6.79 Å². The molecule has 1 aliphatic rings. The summed E-state index contributed by atoms with van der Waals surface area (Å²) in [6.45, 7) is 13.5. The standard InChI is InChI=1S/C15H22O2/c1-14(2,3)10-7-8-11(15(4,5)6)13-12(10)16-9-17-13/h7-8H,9H2,1-6H3. The van der Waals surface area contributed by atoms with E-state index in [0.29, 0.717) is 6.79 Å². The quantitative estimate of drug-likeness (QED) is 0.675. The summed E-state index contributed by atoms with van der Waals surface area (Å²) in [6, 6.07) is 4.35. The molecule has 0 unspecified atom stereocenters. The molecule has 0 fully saturated rings. The molecule has 0 aromatic heterocycles. The Morgan fingerprint density at radius 2 is 1.12 bits per heavy atom. The molecule has 0 aliphatic carbocycles. The van der Waals surface area contributed by atoms with Crippen molar-refractivity contribution in [3.05, 3.63) is 23.3 Å². The zero-order chi connectivity index (χ0) is 12.8. The molecule has 94 valence electrons. The lowest BCUT2D eigenvalue weighted by Crippen LogP contribution is -2.15. The summed E-state index contributed by atoms with van der Waals surface area (Å²) in [4.78, 5) is 0. The molecule has 1 heterocycles. The van der Waals surface area contributed by atoms with Crippen LogP contribution in [-0.2, 0) is 10.8 Å². The fraction of sp³-hybridized carbons (Fsp3) is 0.600. The third kappa shape index (κ3) is 2.13. The Hall–Kier alpha value is -1.18. The summed E-state index contributed by atoms with van der Waals surface area (Å²) in [6.07, 6.45) is 0. The second-order valence-electron chi connectivity index (χ2n) is 6.73. The molecule has 1 aliphatic heterocycles. The van der Waals surface area contributed by atoms with E-state index >= 15 is 0 Å². The molecule has 2 heteroatoms. The van der Waals surface area contributed by atoms with Gasteiger partial charge < -0.3 is 9.47 Å². The van der Waals surface area contributed by atoms with Crippen molar-refractivity contribution in [3.63, 3.8) is 0 Å². The molecule has 0 saturated carbocycles. The Morgan fingerprint density at radius 3 is 1.41 bits per heavy atom. The number of benzene rings is 1. The first-order chi connectivity index (χ1) is 7.71. The van der Waals surface area contributed by atoms with Gasteiger partial charge in [-0.05, 0) is 10.8 Å². The number of hydrogen-bond donors (Lipinski definition) is 0. The van der Waals surface area contributed by atoms with Crippen LogP contribution in [0.2, 0.25) is 0 Å². The van der Waals surface area contributed by atoms with Gasteiger partial charge in [-0.2, -0.15) is 0 Å². The van der Waals surface area contributed by atoms with Crippen molar-refractivity contribution in [3.8, 4) is 11.5 Å². The van der Waals surface area contributed by atoms with Gasteiger partial charge in [0.25, 0.3) is 0 Å². The monoisotopic (exact) mass is 234 g/mol. The number of fused-ring (bicyclic) bond motifs is 1. The maximum absolute atomic E-state index is 5.67. The number of ether oxygens (including phenoxy) is 2. The fourth-order valence-electron chi connectivity index (χ4n) is 2.18. The van der Waals surface area contributed by atoms with Gasteiger partial charge in [0.2, 0.25) is 6.79 Å². The van der Waals surface area contributed by atoms with Crippen LogP contribution in [-0.4, -0.2) is 6.79 Å². The third-order valence-electron chi connectivity index (χ3n) is 3.13. The van der Waals surface area contributed by atoms with Gasteiger partial charge in [0.15, 0.2) is 11.5 Å². The van der Waals surface area contributed by atoms with Gasteiger partial charge in [-0.3, -0.25) is 0 Å². The lowest BCUT2D eigenvalue weighted by Gasteiger charge is -2.25. The number of hydrogen-bond acceptors (Lipinski definition) is 2. The Morgan fingerprint density at radius 1 is 0.765 bits per heavy atom. The molecule has 0 bridgehead atoms. The topological polar surface area (TPSA) is 18.5 Å². The largest absolute Gasteiger partial charge is 0.453 e. The van der Waals surface area contributed by atoms with Gasteiger partial charge in [0.05, 0.1) is 0 Å². The molecular formula is C15H22O2. The van der Waals surface area contributed by atoms with Crippen LogP contribution in [0.15, 0.2) is 12.1 Å². The maximum Gasteiger partial charge on any atom is 0.231 e. The molecule has 0 amide bonds. The first-order valence-electron chi connectivity index (χ1n) is 6.15. The second-order valence-corrected chi connectivity index (χ2v) is 6.73. The lowest BCUT2D eigenvalue weighted by atomic mass is 9.81. The van der Waals surface area contributed by atoms with Crippen LogP contribution >= 0.6 is 0 Å². The molecule has 2 nitrogen and oxygen atoms in total. The molecular weight excluding hydrogens is 212 g/mol. The minimum atomic E-state index is 0.0776. The molecule has 2 rings (SSSR count). The van der Waals surface area contributed by atoms with Crippen molar-refractivity contribution in [1.29, 1.82) is 0 Å². The van der Waals surface area contributed by atoms with Crippen molar-refractivity contribution in [1.82, 2.24) is 0 Å². The molecule has 0 N–H and O–H groups in total. The average Bonchev–Trinajstić information content (AvgIpc) is 2.60. The average molecular weight is 234 g/mol. The van der Waals surface area contributed by atoms with Crippen molar-refractivity contribution in [2.45, 2.75) is 52.4 Å². The smallest absolute Gasteiger partial charge is 0.231 e. The molecule has 0 atom stereocenters. The van der Waals surface area contributed by atoms with Crippen LogP contribution < -0.4 is 9.47 Å². The summed E-state index contributed by atoms with van der Waals surface area (Å²) in [5, 5.41) is 0. The van der Waals surface area contributed by atoms with Crippen LogP contribution in [0.5, 0.6) is 11.5 Å². The lowest BCUT2D eigenvalue weighted by molar-refractivity contribution is 0.171. The highest BCUT2D eigenvalue weighted by atomic mass is 16.7. The zero-order valence-corrected chi connectivity index (χ0v) is 11.7. The van der Waals surface area contributed by atoms with Crippen LogP contribution in [0.25, 0.3) is 0 Å². The van der Waals surface area contributed by atoms with E-state index in [2.05, 4.69) is 53.7 Å². The van der Waals surface area contributed by atoms with Gasteiger partial charge in [-0.25, -0.2) is 0 Å². The normalized spacial score (nSPS) is 15.2. The minimum absolute atomic E-state index is 0.0776.